The van der Waals surface area contributed by atoms with Crippen LogP contribution in [0.15, 0.2) is 24.3 Å². The molecule has 0 aromatic heterocycles. The van der Waals surface area contributed by atoms with Crippen molar-refractivity contribution >= 4 is 69.9 Å². The maximum absolute atomic E-state index is 13.0. The van der Waals surface area contributed by atoms with Crippen LogP contribution in [0.4, 0.5) is 5.69 Å². The molecule has 0 spiro atoms. The first-order chi connectivity index (χ1) is 13.8. The Morgan fingerprint density at radius 2 is 1.45 bits per heavy atom. The Morgan fingerprint density at radius 1 is 0.897 bits per heavy atom. The Labute approximate surface area is 187 Å². The number of rotatable bonds is 6. The van der Waals surface area contributed by atoms with Crippen molar-refractivity contribution in [3.05, 3.63) is 61.0 Å². The molecule has 3 rings (SSSR count). The van der Waals surface area contributed by atoms with Crippen molar-refractivity contribution in [1.82, 2.24) is 0 Å². The summed E-state index contributed by atoms with van der Waals surface area (Å²) >= 11 is 24.4. The average Bonchev–Trinajstić information content (AvgIpc) is 2.98. The van der Waals surface area contributed by atoms with E-state index in [1.807, 2.05) is 6.92 Å². The smallest absolute Gasteiger partial charge is 0.340 e. The second-order valence-corrected chi connectivity index (χ2v) is 7.82. The predicted octanol–water partition coefficient (Wildman–Crippen LogP) is 6.45. The number of amides is 2. The van der Waals surface area contributed by atoms with Gasteiger partial charge in [0.2, 0.25) is 0 Å². The topological polar surface area (TPSA) is 63.7 Å². The Balaban J connectivity index is 2.02. The minimum atomic E-state index is -0.748. The van der Waals surface area contributed by atoms with Crippen molar-refractivity contribution in [2.24, 2.45) is 0 Å². The maximum Gasteiger partial charge on any atom is 0.340 e. The molecule has 0 N–H and O–H groups in total. The summed E-state index contributed by atoms with van der Waals surface area (Å²) in [6.07, 6.45) is 2.63. The molecular weight excluding hydrogens is 460 g/mol. The van der Waals surface area contributed by atoms with Crippen LogP contribution in [0.1, 0.15) is 57.3 Å². The molecule has 2 aromatic rings. The van der Waals surface area contributed by atoms with Crippen LogP contribution < -0.4 is 4.90 Å². The first kappa shape index (κ1) is 21.9. The second-order valence-electron chi connectivity index (χ2n) is 6.31. The fourth-order valence-electron chi connectivity index (χ4n) is 3.00. The number of halogens is 4. The molecule has 9 heteroatoms. The van der Waals surface area contributed by atoms with E-state index in [0.29, 0.717) is 0 Å². The minimum absolute atomic E-state index is 0.0681. The number of unbranched alkanes of at least 4 members (excludes halogenated alkanes) is 2. The van der Waals surface area contributed by atoms with Crippen LogP contribution in [-0.2, 0) is 4.74 Å². The van der Waals surface area contributed by atoms with Crippen LogP contribution in [0.3, 0.4) is 0 Å². The molecule has 1 heterocycles. The van der Waals surface area contributed by atoms with E-state index in [2.05, 4.69) is 0 Å². The SMILES string of the molecule is CCCCCOC(=O)c1ccccc1N1C(=O)c2c(Cl)c(Cl)c(Cl)c(Cl)c2C1=O. The molecule has 0 fully saturated rings. The van der Waals surface area contributed by atoms with Gasteiger partial charge in [-0.05, 0) is 18.6 Å². The number of nitrogens with zero attached hydrogens (tertiary/aromatic N) is 1. The van der Waals surface area contributed by atoms with Crippen LogP contribution in [-0.4, -0.2) is 24.4 Å². The Bertz CT molecular complexity index is 975. The van der Waals surface area contributed by atoms with E-state index in [4.69, 9.17) is 51.1 Å². The van der Waals surface area contributed by atoms with Crippen molar-refractivity contribution in [3.8, 4) is 0 Å². The Morgan fingerprint density at radius 3 is 2.00 bits per heavy atom. The predicted molar refractivity (Wildman–Crippen MR) is 114 cm³/mol. The third-order valence-electron chi connectivity index (χ3n) is 4.45. The summed E-state index contributed by atoms with van der Waals surface area (Å²) in [4.78, 5) is 39.4. The van der Waals surface area contributed by atoms with Gasteiger partial charge in [0.15, 0.2) is 0 Å². The van der Waals surface area contributed by atoms with Crippen LogP contribution in [0.25, 0.3) is 0 Å². The number of imide groups is 1. The number of hydrogen-bond acceptors (Lipinski definition) is 4. The second kappa shape index (κ2) is 8.92. The molecule has 0 atom stereocenters. The minimum Gasteiger partial charge on any atom is -0.462 e. The Kier molecular flexibility index (Phi) is 6.74. The zero-order valence-corrected chi connectivity index (χ0v) is 18.3. The highest BCUT2D eigenvalue weighted by molar-refractivity contribution is 6.56. The van der Waals surface area contributed by atoms with Gasteiger partial charge in [-0.3, -0.25) is 9.59 Å². The van der Waals surface area contributed by atoms with Crippen LogP contribution >= 0.6 is 46.4 Å². The number of para-hydroxylation sites is 1. The lowest BCUT2D eigenvalue weighted by atomic mass is 10.1. The van der Waals surface area contributed by atoms with Gasteiger partial charge in [-0.15, -0.1) is 0 Å². The van der Waals surface area contributed by atoms with Gasteiger partial charge in [-0.1, -0.05) is 78.3 Å². The number of benzene rings is 2. The molecule has 29 heavy (non-hydrogen) atoms. The zero-order valence-electron chi connectivity index (χ0n) is 15.2. The number of carbonyl (C=O) groups is 3. The molecule has 0 radical (unpaired) electrons. The van der Waals surface area contributed by atoms with Gasteiger partial charge in [0, 0.05) is 0 Å². The molecule has 2 amide bonds. The van der Waals surface area contributed by atoms with E-state index < -0.39 is 17.8 Å². The highest BCUT2D eigenvalue weighted by Crippen LogP contribution is 2.46. The third kappa shape index (κ3) is 3.84. The number of ether oxygens (including phenoxy) is 1. The molecule has 2 aromatic carbocycles. The van der Waals surface area contributed by atoms with Crippen molar-refractivity contribution < 1.29 is 19.1 Å². The molecule has 5 nitrogen and oxygen atoms in total. The number of anilines is 1. The van der Waals surface area contributed by atoms with Gasteiger partial charge in [-0.2, -0.15) is 0 Å². The van der Waals surface area contributed by atoms with Gasteiger partial charge in [0.1, 0.15) is 0 Å². The van der Waals surface area contributed by atoms with E-state index in [1.165, 1.54) is 12.1 Å². The number of fused-ring (bicyclic) bond motifs is 1. The van der Waals surface area contributed by atoms with Crippen molar-refractivity contribution in [3.63, 3.8) is 0 Å². The molecule has 152 valence electrons. The first-order valence-corrected chi connectivity index (χ1v) is 10.3. The molecule has 0 unspecified atom stereocenters. The van der Waals surface area contributed by atoms with Crippen LogP contribution in [0.5, 0.6) is 0 Å². The molecule has 0 saturated heterocycles. The van der Waals surface area contributed by atoms with E-state index in [-0.39, 0.29) is 49.1 Å². The van der Waals surface area contributed by atoms with Gasteiger partial charge >= 0.3 is 5.97 Å². The summed E-state index contributed by atoms with van der Waals surface area (Å²) in [6, 6.07) is 6.15. The lowest BCUT2D eigenvalue weighted by Gasteiger charge is -2.17. The molecule has 0 aliphatic carbocycles. The molecular formula is C20H15Cl4NO4. The van der Waals surface area contributed by atoms with E-state index in [1.54, 1.807) is 12.1 Å². The average molecular weight is 475 g/mol. The summed E-state index contributed by atoms with van der Waals surface area (Å²) in [5.41, 5.74) is -0.161. The van der Waals surface area contributed by atoms with Gasteiger partial charge in [-0.25, -0.2) is 9.69 Å². The summed E-state index contributed by atoms with van der Waals surface area (Å²) in [6.45, 7) is 2.28. The van der Waals surface area contributed by atoms with Crippen molar-refractivity contribution in [2.75, 3.05) is 11.5 Å². The standard InChI is InChI=1S/C20H15Cl4NO4/c1-2-3-6-9-29-20(28)10-7-4-5-8-11(10)25-18(26)12-13(19(25)27)15(22)17(24)16(23)14(12)21/h4-5,7-8H,2-3,6,9H2,1H3. The monoisotopic (exact) mass is 473 g/mol. The number of carbonyl (C=O) groups excluding carboxylic acids is 3. The summed E-state index contributed by atoms with van der Waals surface area (Å²) < 4.78 is 5.28. The molecule has 1 aliphatic heterocycles. The summed E-state index contributed by atoms with van der Waals surface area (Å²) in [5.74, 6) is -2.13. The summed E-state index contributed by atoms with van der Waals surface area (Å²) in [7, 11) is 0. The zero-order chi connectivity index (χ0) is 21.3. The van der Waals surface area contributed by atoms with Crippen LogP contribution in [0, 0.1) is 0 Å². The lowest BCUT2D eigenvalue weighted by molar-refractivity contribution is 0.0499. The fraction of sp³-hybridized carbons (Fsp3) is 0.250. The number of hydrogen-bond donors (Lipinski definition) is 0. The molecule has 0 bridgehead atoms. The van der Waals surface area contributed by atoms with Gasteiger partial charge in [0.05, 0.1) is 49.1 Å². The van der Waals surface area contributed by atoms with E-state index in [9.17, 15) is 14.4 Å². The van der Waals surface area contributed by atoms with Gasteiger partial charge in [0.25, 0.3) is 11.8 Å². The molecule has 1 aliphatic rings. The summed E-state index contributed by atoms with van der Waals surface area (Å²) in [5, 5.41) is -0.583. The van der Waals surface area contributed by atoms with E-state index in [0.717, 1.165) is 24.2 Å². The molecule has 0 saturated carbocycles. The van der Waals surface area contributed by atoms with Gasteiger partial charge < -0.3 is 4.74 Å². The lowest BCUT2D eigenvalue weighted by Crippen LogP contribution is -2.31. The quantitative estimate of drug-likeness (QED) is 0.159. The largest absolute Gasteiger partial charge is 0.462 e. The highest BCUT2D eigenvalue weighted by atomic mass is 35.5. The van der Waals surface area contributed by atoms with E-state index >= 15 is 0 Å². The van der Waals surface area contributed by atoms with Crippen molar-refractivity contribution in [2.45, 2.75) is 26.2 Å². The third-order valence-corrected chi connectivity index (χ3v) is 6.25. The Hall–Kier alpha value is -1.79. The van der Waals surface area contributed by atoms with Crippen LogP contribution in [0.2, 0.25) is 20.1 Å². The first-order valence-electron chi connectivity index (χ1n) is 8.82. The fourth-order valence-corrected chi connectivity index (χ4v) is 4.02. The van der Waals surface area contributed by atoms with Crippen molar-refractivity contribution in [1.29, 1.82) is 0 Å². The number of esters is 1. The highest BCUT2D eigenvalue weighted by Gasteiger charge is 2.43. The maximum atomic E-state index is 13.0. The normalized spacial score (nSPS) is 13.1.